The number of rotatable bonds is 4. The lowest BCUT2D eigenvalue weighted by Gasteiger charge is -2.55. The van der Waals surface area contributed by atoms with Crippen LogP contribution in [0.4, 0.5) is 5.69 Å². The molecule has 150 valence electrons. The van der Waals surface area contributed by atoms with Gasteiger partial charge in [0, 0.05) is 18.8 Å². The molecule has 1 aromatic carbocycles. The third-order valence-corrected chi connectivity index (χ3v) is 7.80. The highest BCUT2D eigenvalue weighted by molar-refractivity contribution is 5.95. The first-order valence-electron chi connectivity index (χ1n) is 11.3. The van der Waals surface area contributed by atoms with E-state index in [0.29, 0.717) is 6.42 Å². The quantitative estimate of drug-likeness (QED) is 0.842. The van der Waals surface area contributed by atoms with Crippen LogP contribution in [0.15, 0.2) is 24.3 Å². The number of nitrogens with one attached hydrogen (secondary N) is 1. The Bertz CT molecular complexity index is 713. The first-order chi connectivity index (χ1) is 13.6. The van der Waals surface area contributed by atoms with Gasteiger partial charge in [-0.25, -0.2) is 0 Å². The monoisotopic (exact) mass is 380 g/mol. The Morgan fingerprint density at radius 1 is 0.893 bits per heavy atom. The van der Waals surface area contributed by atoms with Crippen LogP contribution in [-0.4, -0.2) is 29.8 Å². The molecule has 6 rings (SSSR count). The Balaban J connectivity index is 1.20. The van der Waals surface area contributed by atoms with Crippen molar-refractivity contribution >= 4 is 17.5 Å². The Hall–Kier alpha value is -1.84. The minimum absolute atomic E-state index is 0.113. The van der Waals surface area contributed by atoms with Crippen molar-refractivity contribution in [2.45, 2.75) is 64.2 Å². The Kier molecular flexibility index (Phi) is 4.68. The van der Waals surface area contributed by atoms with E-state index in [9.17, 15) is 9.59 Å². The van der Waals surface area contributed by atoms with E-state index in [1.165, 1.54) is 25.7 Å². The van der Waals surface area contributed by atoms with Crippen LogP contribution in [0.25, 0.3) is 0 Å². The average molecular weight is 381 g/mol. The number of benzene rings is 1. The smallest absolute Gasteiger partial charge is 0.230 e. The molecule has 1 N–H and O–H groups in total. The van der Waals surface area contributed by atoms with E-state index in [1.54, 1.807) is 0 Å². The minimum atomic E-state index is -0.113. The molecule has 0 aromatic heterocycles. The number of piperidine rings is 1. The fraction of sp³-hybridized carbons (Fsp3) is 0.667. The molecule has 1 saturated heterocycles. The molecule has 4 heteroatoms. The SMILES string of the molecule is O=C(Cc1ccc(NC(=O)C23CC4CC(CC(C4)C2)C3)cc1)N1CCCCC1. The van der Waals surface area contributed by atoms with Gasteiger partial charge >= 0.3 is 0 Å². The van der Waals surface area contributed by atoms with Gasteiger partial charge in [-0.1, -0.05) is 12.1 Å². The first kappa shape index (κ1) is 18.2. The Morgan fingerprint density at radius 3 is 2.04 bits per heavy atom. The number of hydrogen-bond acceptors (Lipinski definition) is 2. The van der Waals surface area contributed by atoms with Crippen LogP contribution in [0.2, 0.25) is 0 Å². The lowest BCUT2D eigenvalue weighted by molar-refractivity contribution is -0.140. The Morgan fingerprint density at radius 2 is 1.46 bits per heavy atom. The zero-order valence-corrected chi connectivity index (χ0v) is 16.8. The summed E-state index contributed by atoms with van der Waals surface area (Å²) in [6.07, 6.45) is 11.3. The average Bonchev–Trinajstić information content (AvgIpc) is 2.69. The van der Waals surface area contributed by atoms with Crippen molar-refractivity contribution in [2.24, 2.45) is 23.2 Å². The molecule has 0 unspecified atom stereocenters. The van der Waals surface area contributed by atoms with E-state index in [-0.39, 0.29) is 17.2 Å². The molecule has 2 amide bonds. The number of anilines is 1. The lowest BCUT2D eigenvalue weighted by atomic mass is 9.49. The van der Waals surface area contributed by atoms with Gasteiger partial charge in [0.05, 0.1) is 11.8 Å². The molecule has 5 fully saturated rings. The number of likely N-dealkylation sites (tertiary alicyclic amines) is 1. The van der Waals surface area contributed by atoms with Gasteiger partial charge in [-0.05, 0) is 93.2 Å². The molecule has 1 aliphatic heterocycles. The van der Waals surface area contributed by atoms with Gasteiger partial charge in [0.1, 0.15) is 0 Å². The maximum Gasteiger partial charge on any atom is 0.230 e. The zero-order valence-electron chi connectivity index (χ0n) is 16.8. The largest absolute Gasteiger partial charge is 0.342 e. The maximum atomic E-state index is 13.2. The number of nitrogens with zero attached hydrogens (tertiary/aromatic N) is 1. The second-order valence-electron chi connectivity index (χ2n) is 9.97. The van der Waals surface area contributed by atoms with E-state index in [0.717, 1.165) is 74.2 Å². The maximum absolute atomic E-state index is 13.2. The van der Waals surface area contributed by atoms with Crippen molar-refractivity contribution in [3.63, 3.8) is 0 Å². The highest BCUT2D eigenvalue weighted by atomic mass is 16.2. The van der Waals surface area contributed by atoms with Crippen molar-refractivity contribution in [1.82, 2.24) is 4.90 Å². The van der Waals surface area contributed by atoms with Gasteiger partial charge < -0.3 is 10.2 Å². The summed E-state index contributed by atoms with van der Waals surface area (Å²) in [4.78, 5) is 27.6. The molecule has 5 aliphatic rings. The van der Waals surface area contributed by atoms with Crippen molar-refractivity contribution < 1.29 is 9.59 Å². The predicted molar refractivity (Wildman–Crippen MR) is 110 cm³/mol. The predicted octanol–water partition coefficient (Wildman–Crippen LogP) is 4.40. The topological polar surface area (TPSA) is 49.4 Å². The summed E-state index contributed by atoms with van der Waals surface area (Å²) in [6.45, 7) is 1.80. The van der Waals surface area contributed by atoms with Crippen LogP contribution in [0.3, 0.4) is 0 Å². The van der Waals surface area contributed by atoms with Crippen LogP contribution in [0, 0.1) is 23.2 Å². The molecule has 4 saturated carbocycles. The summed E-state index contributed by atoms with van der Waals surface area (Å²) in [6, 6.07) is 7.93. The van der Waals surface area contributed by atoms with E-state index in [2.05, 4.69) is 5.32 Å². The summed E-state index contributed by atoms with van der Waals surface area (Å²) < 4.78 is 0. The first-order valence-corrected chi connectivity index (χ1v) is 11.3. The summed E-state index contributed by atoms with van der Waals surface area (Å²) in [5.41, 5.74) is 1.79. The molecule has 28 heavy (non-hydrogen) atoms. The van der Waals surface area contributed by atoms with Crippen LogP contribution < -0.4 is 5.32 Å². The molecular weight excluding hydrogens is 348 g/mol. The van der Waals surface area contributed by atoms with E-state index in [1.807, 2.05) is 29.2 Å². The fourth-order valence-electron chi connectivity index (χ4n) is 6.79. The molecule has 4 aliphatic carbocycles. The van der Waals surface area contributed by atoms with Crippen LogP contribution in [0.1, 0.15) is 63.4 Å². The summed E-state index contributed by atoms with van der Waals surface area (Å²) in [5.74, 6) is 2.80. The normalized spacial score (nSPS) is 33.7. The standard InChI is InChI=1S/C24H32N2O2/c27-22(26-8-2-1-3-9-26)13-17-4-6-21(7-5-17)25-23(28)24-14-18-10-19(15-24)12-20(11-18)16-24/h4-7,18-20H,1-3,8-16H2,(H,25,28). The molecule has 1 aromatic rings. The second-order valence-corrected chi connectivity index (χ2v) is 9.97. The van der Waals surface area contributed by atoms with Crippen LogP contribution in [0.5, 0.6) is 0 Å². The summed E-state index contributed by atoms with van der Waals surface area (Å²) in [7, 11) is 0. The Labute approximate surface area is 168 Å². The summed E-state index contributed by atoms with van der Waals surface area (Å²) in [5, 5.41) is 3.21. The summed E-state index contributed by atoms with van der Waals surface area (Å²) >= 11 is 0. The van der Waals surface area contributed by atoms with Crippen molar-refractivity contribution in [2.75, 3.05) is 18.4 Å². The van der Waals surface area contributed by atoms with E-state index >= 15 is 0 Å². The molecule has 4 bridgehead atoms. The number of amides is 2. The second kappa shape index (κ2) is 7.20. The number of hydrogen-bond donors (Lipinski definition) is 1. The highest BCUT2D eigenvalue weighted by Gasteiger charge is 2.54. The lowest BCUT2D eigenvalue weighted by Crippen LogP contribution is -2.51. The van der Waals surface area contributed by atoms with Crippen molar-refractivity contribution in [3.8, 4) is 0 Å². The van der Waals surface area contributed by atoms with Gasteiger partial charge in [-0.15, -0.1) is 0 Å². The van der Waals surface area contributed by atoms with Crippen molar-refractivity contribution in [1.29, 1.82) is 0 Å². The van der Waals surface area contributed by atoms with Crippen LogP contribution >= 0.6 is 0 Å². The van der Waals surface area contributed by atoms with Crippen molar-refractivity contribution in [3.05, 3.63) is 29.8 Å². The third kappa shape index (κ3) is 3.46. The number of carbonyl (C=O) groups is 2. The zero-order chi connectivity index (χ0) is 19.1. The molecule has 0 atom stereocenters. The van der Waals surface area contributed by atoms with Gasteiger partial charge in [-0.3, -0.25) is 9.59 Å². The van der Waals surface area contributed by atoms with E-state index in [4.69, 9.17) is 0 Å². The number of carbonyl (C=O) groups excluding carboxylic acids is 2. The molecular formula is C24H32N2O2. The molecule has 1 heterocycles. The molecule has 0 radical (unpaired) electrons. The highest BCUT2D eigenvalue weighted by Crippen LogP contribution is 2.60. The van der Waals surface area contributed by atoms with Gasteiger partial charge in [0.2, 0.25) is 11.8 Å². The van der Waals surface area contributed by atoms with Gasteiger partial charge in [0.15, 0.2) is 0 Å². The van der Waals surface area contributed by atoms with E-state index < -0.39 is 0 Å². The molecule has 0 spiro atoms. The third-order valence-electron chi connectivity index (χ3n) is 7.80. The van der Waals surface area contributed by atoms with Gasteiger partial charge in [-0.2, -0.15) is 0 Å². The minimum Gasteiger partial charge on any atom is -0.342 e. The van der Waals surface area contributed by atoms with Gasteiger partial charge in [0.25, 0.3) is 0 Å². The molecule has 4 nitrogen and oxygen atoms in total. The fourth-order valence-corrected chi connectivity index (χ4v) is 6.79. The van der Waals surface area contributed by atoms with Crippen LogP contribution in [-0.2, 0) is 16.0 Å².